The summed E-state index contributed by atoms with van der Waals surface area (Å²) in [6.07, 6.45) is -0.535. The maximum atomic E-state index is 12.0. The number of carbonyl (C=O) groups excluding carboxylic acids is 1. The van der Waals surface area contributed by atoms with Crippen molar-refractivity contribution in [1.82, 2.24) is 24.6 Å². The summed E-state index contributed by atoms with van der Waals surface area (Å²) in [6, 6.07) is 8.33. The van der Waals surface area contributed by atoms with Crippen LogP contribution in [0.25, 0.3) is 11.2 Å². The molecule has 2 aliphatic rings. The summed E-state index contributed by atoms with van der Waals surface area (Å²) in [5, 5.41) is 14.3. The molecule has 3 unspecified atom stereocenters. The van der Waals surface area contributed by atoms with Gasteiger partial charge in [-0.1, -0.05) is 18.2 Å². The third-order valence-corrected chi connectivity index (χ3v) is 7.79. The molecule has 4 heterocycles. The summed E-state index contributed by atoms with van der Waals surface area (Å²) in [5.41, 5.74) is 5.62. The molecule has 3 aromatic rings. The van der Waals surface area contributed by atoms with Crippen LogP contribution in [0.3, 0.4) is 0 Å². The summed E-state index contributed by atoms with van der Waals surface area (Å²) in [7, 11) is 0.944. The first kappa shape index (κ1) is 26.5. The Labute approximate surface area is 219 Å². The van der Waals surface area contributed by atoms with Crippen molar-refractivity contribution in [3.8, 4) is 11.6 Å². The van der Waals surface area contributed by atoms with E-state index in [0.717, 1.165) is 0 Å². The lowest BCUT2D eigenvalue weighted by atomic mass is 9.86. The molecule has 0 amide bonds. The lowest BCUT2D eigenvalue weighted by Gasteiger charge is -2.44. The summed E-state index contributed by atoms with van der Waals surface area (Å²) < 4.78 is 35.9. The highest BCUT2D eigenvalue weighted by Gasteiger charge is 2.62. The van der Waals surface area contributed by atoms with Crippen LogP contribution >= 0.6 is 8.53 Å². The maximum Gasteiger partial charge on any atom is 0.323 e. The number of aliphatic hydroxyl groups is 1. The molecule has 6 atom stereocenters. The van der Waals surface area contributed by atoms with E-state index < -0.39 is 44.6 Å². The molecule has 15 heteroatoms. The number of benzene rings is 1. The number of aliphatic hydroxyl groups excluding tert-OH is 1. The third-order valence-electron chi connectivity index (χ3n) is 6.43. The van der Waals surface area contributed by atoms with Gasteiger partial charge in [0.1, 0.15) is 29.6 Å². The largest absolute Gasteiger partial charge is 0.479 e. The van der Waals surface area contributed by atoms with Gasteiger partial charge in [-0.25, -0.2) is 10.1 Å². The third kappa shape index (κ3) is 4.86. The van der Waals surface area contributed by atoms with Crippen LogP contribution in [0.5, 0.6) is 11.6 Å². The molecule has 1 aromatic carbocycles. The fourth-order valence-corrected chi connectivity index (χ4v) is 5.63. The standard InChI is InChI=1S/C23H29N6O8P/c1-13(20(31)33-3)28-38(37-14-7-5-4-6-8-14)35-11-15-17(30)23(9-10-34-23)21(36-15)29-12-25-16-18(29)26-22(24)27-19(16)32-2/h4-8,12-13,15,17,21,28,30H,9-11H2,1-3H3,(H2,24,26,27)/t13-,15?,17+,21?,23+,38?/m0/s1. The number of hydrogen-bond donors (Lipinski definition) is 3. The number of para-hydroxylation sites is 1. The number of hydrogen-bond acceptors (Lipinski definition) is 13. The van der Waals surface area contributed by atoms with E-state index in [1.807, 2.05) is 18.2 Å². The number of imidazole rings is 1. The molecule has 5 rings (SSSR count). The summed E-state index contributed by atoms with van der Waals surface area (Å²) in [4.78, 5) is 24.7. The van der Waals surface area contributed by atoms with E-state index in [-0.39, 0.29) is 18.4 Å². The Hall–Kier alpha value is -3.13. The number of fused-ring (bicyclic) bond motifs is 1. The molecule has 38 heavy (non-hydrogen) atoms. The zero-order valence-corrected chi connectivity index (χ0v) is 21.9. The zero-order valence-electron chi connectivity index (χ0n) is 21.0. The Balaban J connectivity index is 1.36. The van der Waals surface area contributed by atoms with Crippen molar-refractivity contribution in [2.24, 2.45) is 0 Å². The van der Waals surface area contributed by atoms with E-state index in [0.29, 0.717) is 29.9 Å². The molecule has 2 aliphatic heterocycles. The van der Waals surface area contributed by atoms with Gasteiger partial charge in [-0.2, -0.15) is 9.97 Å². The fourth-order valence-electron chi connectivity index (χ4n) is 4.43. The van der Waals surface area contributed by atoms with Crippen LogP contribution in [0.15, 0.2) is 36.7 Å². The minimum absolute atomic E-state index is 0.00705. The quantitative estimate of drug-likeness (QED) is 0.245. The Morgan fingerprint density at radius 3 is 2.76 bits per heavy atom. The Kier molecular flexibility index (Phi) is 7.61. The zero-order chi connectivity index (χ0) is 26.9. The van der Waals surface area contributed by atoms with Crippen molar-refractivity contribution in [2.75, 3.05) is 33.2 Å². The molecule has 204 valence electrons. The van der Waals surface area contributed by atoms with Crippen molar-refractivity contribution in [3.05, 3.63) is 36.7 Å². The normalized spacial score (nSPS) is 26.2. The van der Waals surface area contributed by atoms with Crippen molar-refractivity contribution >= 4 is 31.6 Å². The van der Waals surface area contributed by atoms with Gasteiger partial charge in [0.15, 0.2) is 17.4 Å². The lowest BCUT2D eigenvalue weighted by Crippen LogP contribution is -2.56. The molecule has 2 saturated heterocycles. The molecule has 14 nitrogen and oxygen atoms in total. The molecule has 0 saturated carbocycles. The number of esters is 1. The van der Waals surface area contributed by atoms with Crippen LogP contribution in [0.2, 0.25) is 0 Å². The van der Waals surface area contributed by atoms with Gasteiger partial charge < -0.3 is 38.8 Å². The molecule has 2 aromatic heterocycles. The van der Waals surface area contributed by atoms with E-state index in [2.05, 4.69) is 20.0 Å². The van der Waals surface area contributed by atoms with Gasteiger partial charge in [-0.05, 0) is 19.1 Å². The van der Waals surface area contributed by atoms with Crippen LogP contribution < -0.4 is 20.1 Å². The highest BCUT2D eigenvalue weighted by atomic mass is 31.2. The average Bonchev–Trinajstić information content (AvgIpc) is 3.44. The topological polar surface area (TPSA) is 174 Å². The van der Waals surface area contributed by atoms with Crippen LogP contribution in [0.1, 0.15) is 19.6 Å². The molecule has 0 aliphatic carbocycles. The Bertz CT molecular complexity index is 1280. The predicted octanol–water partition coefficient (Wildman–Crippen LogP) is 1.31. The summed E-state index contributed by atoms with van der Waals surface area (Å²) >= 11 is 0. The molecular formula is C23H29N6O8P. The van der Waals surface area contributed by atoms with Crippen molar-refractivity contribution in [2.45, 2.75) is 43.4 Å². The minimum Gasteiger partial charge on any atom is -0.479 e. The first-order valence-electron chi connectivity index (χ1n) is 11.9. The smallest absolute Gasteiger partial charge is 0.323 e. The Morgan fingerprint density at radius 1 is 1.34 bits per heavy atom. The van der Waals surface area contributed by atoms with Gasteiger partial charge in [0.25, 0.3) is 0 Å². The van der Waals surface area contributed by atoms with E-state index >= 15 is 0 Å². The van der Waals surface area contributed by atoms with Gasteiger partial charge in [-0.3, -0.25) is 9.36 Å². The predicted molar refractivity (Wildman–Crippen MR) is 134 cm³/mol. The summed E-state index contributed by atoms with van der Waals surface area (Å²) in [6.45, 7) is 2.04. The van der Waals surface area contributed by atoms with E-state index in [1.54, 1.807) is 23.6 Å². The lowest BCUT2D eigenvalue weighted by molar-refractivity contribution is -0.225. The summed E-state index contributed by atoms with van der Waals surface area (Å²) in [5.74, 6) is 0.305. The SMILES string of the molecule is COC(=O)[C@H](C)NP(OCC1OC(n2cnc3c(OC)nc(N)nc32)[C@@]2(CCO2)[C@@H]1O)Oc1ccccc1. The van der Waals surface area contributed by atoms with E-state index in [1.165, 1.54) is 20.5 Å². The van der Waals surface area contributed by atoms with Crippen LogP contribution in [-0.2, 0) is 23.5 Å². The second-order valence-corrected chi connectivity index (χ2v) is 9.98. The first-order chi connectivity index (χ1) is 18.4. The highest BCUT2D eigenvalue weighted by molar-refractivity contribution is 7.45. The number of nitrogens with one attached hydrogen (secondary N) is 1. The molecule has 4 N–H and O–H groups in total. The number of rotatable bonds is 10. The van der Waals surface area contributed by atoms with E-state index in [4.69, 9.17) is 33.7 Å². The number of carbonyl (C=O) groups is 1. The van der Waals surface area contributed by atoms with Gasteiger partial charge in [0.2, 0.25) is 11.8 Å². The van der Waals surface area contributed by atoms with Crippen LogP contribution in [0, 0.1) is 0 Å². The Morgan fingerprint density at radius 2 is 2.11 bits per heavy atom. The van der Waals surface area contributed by atoms with Gasteiger partial charge in [-0.15, -0.1) is 0 Å². The van der Waals surface area contributed by atoms with Crippen LogP contribution in [-0.4, -0.2) is 81.9 Å². The number of nitrogens with zero attached hydrogens (tertiary/aromatic N) is 4. The second kappa shape index (κ2) is 10.9. The number of nitrogen functional groups attached to an aromatic ring is 1. The number of anilines is 1. The molecular weight excluding hydrogens is 519 g/mol. The van der Waals surface area contributed by atoms with Gasteiger partial charge in [0, 0.05) is 6.42 Å². The number of ether oxygens (including phenoxy) is 4. The number of methoxy groups -OCH3 is 2. The molecule has 0 bridgehead atoms. The van der Waals surface area contributed by atoms with Crippen molar-refractivity contribution in [1.29, 1.82) is 0 Å². The first-order valence-corrected chi connectivity index (χ1v) is 13.1. The molecule has 2 fully saturated rings. The van der Waals surface area contributed by atoms with Gasteiger partial charge >= 0.3 is 14.5 Å². The minimum atomic E-state index is -1.82. The highest BCUT2D eigenvalue weighted by Crippen LogP contribution is 2.50. The molecule has 0 radical (unpaired) electrons. The average molecular weight is 548 g/mol. The number of nitrogens with two attached hydrogens (primary N) is 1. The van der Waals surface area contributed by atoms with Crippen molar-refractivity contribution in [3.63, 3.8) is 0 Å². The second-order valence-electron chi connectivity index (χ2n) is 8.77. The monoisotopic (exact) mass is 548 g/mol. The van der Waals surface area contributed by atoms with E-state index in [9.17, 15) is 9.90 Å². The number of aromatic nitrogens is 4. The maximum absolute atomic E-state index is 12.0. The van der Waals surface area contributed by atoms with Gasteiger partial charge in [0.05, 0.1) is 33.8 Å². The fraction of sp³-hybridized carbons (Fsp3) is 0.478. The van der Waals surface area contributed by atoms with Crippen molar-refractivity contribution < 1.29 is 37.9 Å². The van der Waals surface area contributed by atoms with Crippen LogP contribution in [0.4, 0.5) is 5.95 Å². The molecule has 1 spiro atoms.